The molecular weight excluding hydrogens is 290 g/mol. The van der Waals surface area contributed by atoms with Crippen LogP contribution in [0.2, 0.25) is 0 Å². The van der Waals surface area contributed by atoms with Crippen LogP contribution in [0.3, 0.4) is 0 Å². The second kappa shape index (κ2) is 5.04. The summed E-state index contributed by atoms with van der Waals surface area (Å²) < 4.78 is 54.0. The number of benzene rings is 1. The average Bonchev–Trinajstić information content (AvgIpc) is 2.35. The fourth-order valence-electron chi connectivity index (χ4n) is 1.40. The molecule has 2 rings (SSSR count). The molecule has 2 N–H and O–H groups in total. The quantitative estimate of drug-likeness (QED) is 0.939. The molecule has 0 atom stereocenters. The number of ether oxygens (including phenoxy) is 1. The summed E-state index contributed by atoms with van der Waals surface area (Å²) in [6.45, 7) is 0. The first kappa shape index (κ1) is 14.2. The predicted octanol–water partition coefficient (Wildman–Crippen LogP) is 2.14. The number of nitrogens with zero attached hydrogens (tertiary/aromatic N) is 1. The molecule has 1 aromatic heterocycles. The van der Waals surface area contributed by atoms with Crippen molar-refractivity contribution in [2.75, 3.05) is 12.0 Å². The van der Waals surface area contributed by atoms with Crippen LogP contribution in [0.15, 0.2) is 35.2 Å². The Balaban J connectivity index is 2.29. The van der Waals surface area contributed by atoms with Crippen LogP contribution < -0.4 is 10.5 Å². The first-order valence-corrected chi connectivity index (χ1v) is 7.26. The minimum atomic E-state index is -3.33. The summed E-state index contributed by atoms with van der Waals surface area (Å²) in [5, 5.41) is 0. The van der Waals surface area contributed by atoms with Crippen LogP contribution in [0.1, 0.15) is 0 Å². The molecule has 2 aromatic rings. The van der Waals surface area contributed by atoms with E-state index in [1.54, 1.807) is 0 Å². The fourth-order valence-corrected chi connectivity index (χ4v) is 2.03. The SMILES string of the molecule is CS(=O)(=O)c1ccc(Oc2nc(N)c(F)cc2F)cc1. The Kier molecular flexibility index (Phi) is 3.58. The molecule has 20 heavy (non-hydrogen) atoms. The summed E-state index contributed by atoms with van der Waals surface area (Å²) in [6, 6.07) is 5.82. The van der Waals surface area contributed by atoms with Crippen molar-refractivity contribution in [3.8, 4) is 11.6 Å². The van der Waals surface area contributed by atoms with Crippen LogP contribution in [0.5, 0.6) is 11.6 Å². The Morgan fingerprint density at radius 2 is 1.75 bits per heavy atom. The van der Waals surface area contributed by atoms with E-state index in [9.17, 15) is 17.2 Å². The Hall–Kier alpha value is -2.22. The molecule has 0 unspecified atom stereocenters. The van der Waals surface area contributed by atoms with Crippen LogP contribution >= 0.6 is 0 Å². The number of halogens is 2. The first-order valence-electron chi connectivity index (χ1n) is 5.37. The molecule has 5 nitrogen and oxygen atoms in total. The van der Waals surface area contributed by atoms with Gasteiger partial charge in [-0.05, 0) is 24.3 Å². The van der Waals surface area contributed by atoms with Gasteiger partial charge >= 0.3 is 0 Å². The zero-order valence-electron chi connectivity index (χ0n) is 10.3. The molecule has 0 aliphatic heterocycles. The number of anilines is 1. The lowest BCUT2D eigenvalue weighted by Gasteiger charge is -2.07. The maximum absolute atomic E-state index is 13.4. The monoisotopic (exact) mass is 300 g/mol. The predicted molar refractivity (Wildman–Crippen MR) is 68.2 cm³/mol. The second-order valence-corrected chi connectivity index (χ2v) is 6.00. The number of nitrogens with two attached hydrogens (primary N) is 1. The van der Waals surface area contributed by atoms with Crippen molar-refractivity contribution in [1.82, 2.24) is 4.98 Å². The van der Waals surface area contributed by atoms with Crippen molar-refractivity contribution < 1.29 is 21.9 Å². The maximum atomic E-state index is 13.4. The molecule has 0 saturated heterocycles. The largest absolute Gasteiger partial charge is 0.436 e. The minimum absolute atomic E-state index is 0.0944. The normalized spacial score (nSPS) is 11.3. The lowest BCUT2D eigenvalue weighted by atomic mass is 10.3. The topological polar surface area (TPSA) is 82.3 Å². The van der Waals surface area contributed by atoms with Gasteiger partial charge in [0.25, 0.3) is 5.88 Å². The summed E-state index contributed by atoms with van der Waals surface area (Å²) in [6.07, 6.45) is 1.06. The molecule has 0 saturated carbocycles. The van der Waals surface area contributed by atoms with Crippen molar-refractivity contribution in [2.24, 2.45) is 0 Å². The van der Waals surface area contributed by atoms with Gasteiger partial charge in [-0.3, -0.25) is 0 Å². The minimum Gasteiger partial charge on any atom is -0.436 e. The molecule has 106 valence electrons. The molecule has 8 heteroatoms. The summed E-state index contributed by atoms with van der Waals surface area (Å²) in [5.74, 6) is -2.83. The van der Waals surface area contributed by atoms with E-state index in [-0.39, 0.29) is 10.6 Å². The number of sulfone groups is 1. The molecule has 0 aliphatic rings. The molecule has 0 radical (unpaired) electrons. The second-order valence-electron chi connectivity index (χ2n) is 3.99. The lowest BCUT2D eigenvalue weighted by molar-refractivity contribution is 0.418. The van der Waals surface area contributed by atoms with Gasteiger partial charge in [-0.15, -0.1) is 0 Å². The van der Waals surface area contributed by atoms with E-state index in [0.717, 1.165) is 6.26 Å². The lowest BCUT2D eigenvalue weighted by Crippen LogP contribution is -2.00. The van der Waals surface area contributed by atoms with Gasteiger partial charge in [0.2, 0.25) is 0 Å². The molecule has 0 amide bonds. The van der Waals surface area contributed by atoms with Gasteiger partial charge in [0.15, 0.2) is 27.3 Å². The van der Waals surface area contributed by atoms with E-state index < -0.39 is 33.2 Å². The third kappa shape index (κ3) is 3.02. The van der Waals surface area contributed by atoms with Crippen molar-refractivity contribution in [3.05, 3.63) is 42.0 Å². The van der Waals surface area contributed by atoms with Gasteiger partial charge in [0, 0.05) is 12.3 Å². The van der Waals surface area contributed by atoms with E-state index in [1.807, 2.05) is 0 Å². The summed E-state index contributed by atoms with van der Waals surface area (Å²) in [4.78, 5) is 3.52. The van der Waals surface area contributed by atoms with Crippen molar-refractivity contribution in [3.63, 3.8) is 0 Å². The van der Waals surface area contributed by atoms with Gasteiger partial charge < -0.3 is 10.5 Å². The van der Waals surface area contributed by atoms with Crippen LogP contribution in [0.4, 0.5) is 14.6 Å². The highest BCUT2D eigenvalue weighted by atomic mass is 32.2. The van der Waals surface area contributed by atoms with E-state index in [0.29, 0.717) is 6.07 Å². The Labute approximate surface area is 113 Å². The molecule has 1 heterocycles. The standard InChI is InChI=1S/C12H10F2N2O3S/c1-20(17,18)8-4-2-7(3-5-8)19-12-10(14)6-9(13)11(15)16-12/h2-6H,1H3,(H2,15,16). The summed E-state index contributed by atoms with van der Waals surface area (Å²) in [5.41, 5.74) is 5.21. The maximum Gasteiger partial charge on any atom is 0.258 e. The van der Waals surface area contributed by atoms with Crippen LogP contribution in [0.25, 0.3) is 0 Å². The van der Waals surface area contributed by atoms with E-state index in [1.165, 1.54) is 24.3 Å². The Morgan fingerprint density at radius 1 is 1.15 bits per heavy atom. The Bertz CT molecular complexity index is 746. The van der Waals surface area contributed by atoms with Crippen molar-refractivity contribution in [2.45, 2.75) is 4.90 Å². The van der Waals surface area contributed by atoms with E-state index >= 15 is 0 Å². The van der Waals surface area contributed by atoms with Crippen molar-refractivity contribution >= 4 is 15.7 Å². The van der Waals surface area contributed by atoms with E-state index in [4.69, 9.17) is 10.5 Å². The molecule has 0 fully saturated rings. The third-order valence-electron chi connectivity index (χ3n) is 2.39. The number of rotatable bonds is 3. The fraction of sp³-hybridized carbons (Fsp3) is 0.0833. The highest BCUT2D eigenvalue weighted by Gasteiger charge is 2.12. The van der Waals surface area contributed by atoms with Gasteiger partial charge in [0.05, 0.1) is 4.90 Å². The molecule has 0 aliphatic carbocycles. The van der Waals surface area contributed by atoms with E-state index in [2.05, 4.69) is 4.98 Å². The van der Waals surface area contributed by atoms with Gasteiger partial charge in [-0.1, -0.05) is 0 Å². The highest BCUT2D eigenvalue weighted by molar-refractivity contribution is 7.90. The number of nitrogen functional groups attached to an aromatic ring is 1. The molecular formula is C12H10F2N2O3S. The van der Waals surface area contributed by atoms with Crippen molar-refractivity contribution in [1.29, 1.82) is 0 Å². The number of hydrogen-bond donors (Lipinski definition) is 1. The number of pyridine rings is 1. The molecule has 1 aromatic carbocycles. The molecule has 0 bridgehead atoms. The Morgan fingerprint density at radius 3 is 2.30 bits per heavy atom. The van der Waals surface area contributed by atoms with Crippen LogP contribution in [0, 0.1) is 11.6 Å². The third-order valence-corrected chi connectivity index (χ3v) is 3.52. The number of hydrogen-bond acceptors (Lipinski definition) is 5. The average molecular weight is 300 g/mol. The van der Waals surface area contributed by atoms with Crippen LogP contribution in [-0.4, -0.2) is 19.7 Å². The zero-order valence-corrected chi connectivity index (χ0v) is 11.1. The summed E-state index contributed by atoms with van der Waals surface area (Å²) in [7, 11) is -3.33. The smallest absolute Gasteiger partial charge is 0.258 e. The van der Waals surface area contributed by atoms with Crippen LogP contribution in [-0.2, 0) is 9.84 Å². The van der Waals surface area contributed by atoms with Gasteiger partial charge in [0.1, 0.15) is 5.75 Å². The van der Waals surface area contributed by atoms with Gasteiger partial charge in [-0.25, -0.2) is 17.2 Å². The number of aromatic nitrogens is 1. The highest BCUT2D eigenvalue weighted by Crippen LogP contribution is 2.25. The van der Waals surface area contributed by atoms with Gasteiger partial charge in [-0.2, -0.15) is 4.98 Å². The summed E-state index contributed by atoms with van der Waals surface area (Å²) >= 11 is 0. The first-order chi connectivity index (χ1) is 9.27. The zero-order chi connectivity index (χ0) is 14.9. The molecule has 0 spiro atoms.